The monoisotopic (exact) mass is 561 g/mol. The van der Waals surface area contributed by atoms with E-state index in [2.05, 4.69) is 20.9 Å². The van der Waals surface area contributed by atoms with Crippen LogP contribution in [0.15, 0.2) is 24.3 Å². The summed E-state index contributed by atoms with van der Waals surface area (Å²) in [5.41, 5.74) is 0.907. The number of nitrogens with one attached hydrogen (secondary N) is 3. The zero-order valence-corrected chi connectivity index (χ0v) is 23.3. The largest absolute Gasteiger partial charge is 0.493 e. The van der Waals surface area contributed by atoms with Gasteiger partial charge in [-0.1, -0.05) is 18.2 Å². The predicted molar refractivity (Wildman–Crippen MR) is 145 cm³/mol. The van der Waals surface area contributed by atoms with E-state index < -0.39 is 30.0 Å². The number of amides is 3. The number of para-hydroxylation sites is 1. The summed E-state index contributed by atoms with van der Waals surface area (Å²) < 4.78 is 33.8. The summed E-state index contributed by atoms with van der Waals surface area (Å²) in [7, 11) is 1.65. The number of halogens is 2. The second-order valence-electron chi connectivity index (χ2n) is 11.7. The van der Waals surface area contributed by atoms with Crippen LogP contribution in [0.1, 0.15) is 63.5 Å². The van der Waals surface area contributed by atoms with Gasteiger partial charge in [-0.15, -0.1) is 0 Å². The number of ether oxygens (including phenoxy) is 1. The number of benzene rings is 1. The Morgan fingerprint density at radius 3 is 2.58 bits per heavy atom. The minimum absolute atomic E-state index is 0.136. The van der Waals surface area contributed by atoms with Crippen LogP contribution in [-0.2, 0) is 14.4 Å². The highest BCUT2D eigenvalue weighted by Crippen LogP contribution is 2.38. The van der Waals surface area contributed by atoms with E-state index in [1.807, 2.05) is 24.3 Å². The first-order valence-corrected chi connectivity index (χ1v) is 14.6. The summed E-state index contributed by atoms with van der Waals surface area (Å²) in [5.74, 6) is -3.41. The Bertz CT molecular complexity index is 1090. The maximum atomic E-state index is 14.3. The van der Waals surface area contributed by atoms with Gasteiger partial charge < -0.3 is 25.6 Å². The molecule has 3 N–H and O–H groups in total. The third-order valence-corrected chi connectivity index (χ3v) is 9.17. The molecular formula is C29H41F2N5O4. The SMILES string of the molecule is CN[C@@H](C)C(=O)N[C@H](C(=O)N1C[C@H]2CCCN2CC1C(=O)N[C@@H]1CCOc2ccccc21)C1CCC(F)(F)CC1. The van der Waals surface area contributed by atoms with E-state index in [0.29, 0.717) is 26.1 Å². The lowest BCUT2D eigenvalue weighted by Crippen LogP contribution is -2.66. The van der Waals surface area contributed by atoms with E-state index in [9.17, 15) is 23.2 Å². The van der Waals surface area contributed by atoms with E-state index in [4.69, 9.17) is 4.74 Å². The van der Waals surface area contributed by atoms with Crippen LogP contribution in [0.25, 0.3) is 0 Å². The van der Waals surface area contributed by atoms with Crippen molar-refractivity contribution >= 4 is 17.7 Å². The van der Waals surface area contributed by atoms with Crippen LogP contribution in [0.5, 0.6) is 5.75 Å². The average Bonchev–Trinajstić information content (AvgIpc) is 3.42. The van der Waals surface area contributed by atoms with Gasteiger partial charge in [0.05, 0.1) is 18.7 Å². The molecule has 0 aromatic heterocycles. The number of nitrogens with zero attached hydrogens (tertiary/aromatic N) is 2. The standard InChI is InChI=1S/C29H41F2N5O4/c1-18(32-2)26(37)34-25(19-9-12-29(30,31)13-10-19)28(39)36-16-20-6-5-14-35(20)17-23(36)27(38)33-22-11-15-40-24-8-4-3-7-21(22)24/h3-4,7-8,18-20,22-23,25,32H,5-6,9-17H2,1-2H3,(H,33,38)(H,34,37)/t18-,20+,22+,23?,25-/m0/s1. The number of piperazine rings is 1. The van der Waals surface area contributed by atoms with Gasteiger partial charge in [-0.2, -0.15) is 0 Å². The van der Waals surface area contributed by atoms with Crippen LogP contribution in [0, 0.1) is 5.92 Å². The summed E-state index contributed by atoms with van der Waals surface area (Å²) in [4.78, 5) is 45.0. The summed E-state index contributed by atoms with van der Waals surface area (Å²) in [5, 5.41) is 8.92. The van der Waals surface area contributed by atoms with Gasteiger partial charge in [0.15, 0.2) is 0 Å². The zero-order chi connectivity index (χ0) is 28.4. The molecule has 3 heterocycles. The second kappa shape index (κ2) is 12.0. The lowest BCUT2D eigenvalue weighted by Gasteiger charge is -2.45. The Morgan fingerprint density at radius 1 is 1.07 bits per heavy atom. The Balaban J connectivity index is 1.39. The van der Waals surface area contributed by atoms with Gasteiger partial charge in [0, 0.05) is 44.0 Å². The molecule has 3 aliphatic heterocycles. The number of hydrogen-bond acceptors (Lipinski definition) is 6. The van der Waals surface area contributed by atoms with E-state index in [1.54, 1.807) is 18.9 Å². The Kier molecular flexibility index (Phi) is 8.61. The molecule has 0 spiro atoms. The number of likely N-dealkylation sites (N-methyl/N-ethyl adjacent to an activating group) is 1. The smallest absolute Gasteiger partial charge is 0.248 e. The van der Waals surface area contributed by atoms with Crippen molar-refractivity contribution in [2.75, 3.05) is 33.3 Å². The van der Waals surface area contributed by atoms with Gasteiger partial charge in [0.1, 0.15) is 17.8 Å². The maximum Gasteiger partial charge on any atom is 0.248 e. The fourth-order valence-corrected chi connectivity index (χ4v) is 6.61. The molecule has 40 heavy (non-hydrogen) atoms. The molecule has 2 saturated heterocycles. The minimum Gasteiger partial charge on any atom is -0.493 e. The van der Waals surface area contributed by atoms with Crippen molar-refractivity contribution in [1.29, 1.82) is 0 Å². The highest BCUT2D eigenvalue weighted by molar-refractivity contribution is 5.93. The number of hydrogen-bond donors (Lipinski definition) is 3. The van der Waals surface area contributed by atoms with Crippen LogP contribution < -0.4 is 20.7 Å². The van der Waals surface area contributed by atoms with Gasteiger partial charge >= 0.3 is 0 Å². The molecule has 220 valence electrons. The van der Waals surface area contributed by atoms with Crippen LogP contribution in [-0.4, -0.2) is 90.9 Å². The van der Waals surface area contributed by atoms with Crippen LogP contribution in [0.4, 0.5) is 8.78 Å². The number of alkyl halides is 2. The molecule has 5 rings (SSSR count). The predicted octanol–water partition coefficient (Wildman–Crippen LogP) is 2.22. The van der Waals surface area contributed by atoms with Crippen molar-refractivity contribution in [2.45, 2.75) is 88.0 Å². The lowest BCUT2D eigenvalue weighted by atomic mass is 9.81. The average molecular weight is 562 g/mol. The molecule has 11 heteroatoms. The van der Waals surface area contributed by atoms with Crippen molar-refractivity contribution in [3.63, 3.8) is 0 Å². The number of carbonyl (C=O) groups excluding carboxylic acids is 3. The molecule has 5 atom stereocenters. The van der Waals surface area contributed by atoms with Gasteiger partial charge in [-0.3, -0.25) is 19.3 Å². The quantitative estimate of drug-likeness (QED) is 0.472. The topological polar surface area (TPSA) is 103 Å². The molecular weight excluding hydrogens is 520 g/mol. The van der Waals surface area contributed by atoms with E-state index in [0.717, 1.165) is 30.7 Å². The van der Waals surface area contributed by atoms with Crippen molar-refractivity contribution in [3.8, 4) is 5.75 Å². The second-order valence-corrected chi connectivity index (χ2v) is 11.7. The van der Waals surface area contributed by atoms with Crippen LogP contribution >= 0.6 is 0 Å². The van der Waals surface area contributed by atoms with Crippen molar-refractivity contribution in [1.82, 2.24) is 25.8 Å². The molecule has 3 fully saturated rings. The Hall–Kier alpha value is -2.79. The highest BCUT2D eigenvalue weighted by atomic mass is 19.3. The molecule has 1 unspecified atom stereocenters. The first-order chi connectivity index (χ1) is 19.2. The number of fused-ring (bicyclic) bond motifs is 2. The van der Waals surface area contributed by atoms with Crippen molar-refractivity contribution < 1.29 is 27.9 Å². The number of rotatable bonds is 7. The first-order valence-electron chi connectivity index (χ1n) is 14.6. The van der Waals surface area contributed by atoms with E-state index >= 15 is 0 Å². The van der Waals surface area contributed by atoms with E-state index in [1.165, 1.54) is 0 Å². The summed E-state index contributed by atoms with van der Waals surface area (Å²) in [6.07, 6.45) is 2.17. The third kappa shape index (κ3) is 6.10. The van der Waals surface area contributed by atoms with Gasteiger partial charge in [0.2, 0.25) is 23.6 Å². The van der Waals surface area contributed by atoms with Crippen LogP contribution in [0.3, 0.4) is 0 Å². The zero-order valence-electron chi connectivity index (χ0n) is 23.3. The maximum absolute atomic E-state index is 14.3. The van der Waals surface area contributed by atoms with Gasteiger partial charge in [-0.25, -0.2) is 8.78 Å². The molecule has 1 aliphatic carbocycles. The number of carbonyl (C=O) groups is 3. The molecule has 0 bridgehead atoms. The highest BCUT2D eigenvalue weighted by Gasteiger charge is 2.47. The third-order valence-electron chi connectivity index (χ3n) is 9.17. The van der Waals surface area contributed by atoms with Crippen molar-refractivity contribution in [2.24, 2.45) is 5.92 Å². The molecule has 4 aliphatic rings. The summed E-state index contributed by atoms with van der Waals surface area (Å²) >= 11 is 0. The molecule has 1 saturated carbocycles. The fraction of sp³-hybridized carbons (Fsp3) is 0.690. The normalized spacial score (nSPS) is 28.0. The van der Waals surface area contributed by atoms with Gasteiger partial charge in [0.25, 0.3) is 0 Å². The first kappa shape index (κ1) is 28.7. The van der Waals surface area contributed by atoms with Crippen molar-refractivity contribution in [3.05, 3.63) is 29.8 Å². The summed E-state index contributed by atoms with van der Waals surface area (Å²) in [6.45, 7) is 3.81. The molecule has 1 aromatic carbocycles. The lowest BCUT2D eigenvalue weighted by molar-refractivity contribution is -0.150. The minimum atomic E-state index is -2.76. The molecule has 1 aromatic rings. The molecule has 3 amide bonds. The fourth-order valence-electron chi connectivity index (χ4n) is 6.61. The van der Waals surface area contributed by atoms with Crippen LogP contribution in [0.2, 0.25) is 0 Å². The Labute approximate surface area is 234 Å². The molecule has 9 nitrogen and oxygen atoms in total. The Morgan fingerprint density at radius 2 is 1.82 bits per heavy atom. The molecule has 0 radical (unpaired) electrons. The van der Waals surface area contributed by atoms with E-state index in [-0.39, 0.29) is 55.5 Å². The van der Waals surface area contributed by atoms with Gasteiger partial charge in [-0.05, 0) is 58.2 Å². The summed E-state index contributed by atoms with van der Waals surface area (Å²) in [6, 6.07) is 5.25.